The third kappa shape index (κ3) is 5.09. The van der Waals surface area contributed by atoms with Gasteiger partial charge in [0.2, 0.25) is 0 Å². The number of nitrogens with zero attached hydrogens (tertiary/aromatic N) is 2. The summed E-state index contributed by atoms with van der Waals surface area (Å²) >= 11 is 12.0. The van der Waals surface area contributed by atoms with Gasteiger partial charge in [0.1, 0.15) is 6.54 Å². The zero-order chi connectivity index (χ0) is 23.6. The highest BCUT2D eigenvalue weighted by Gasteiger charge is 2.23. The molecule has 1 N–H and O–H groups in total. The summed E-state index contributed by atoms with van der Waals surface area (Å²) < 4.78 is 11.0. The smallest absolute Gasteiger partial charge is 0.420 e. The Hall–Kier alpha value is -3.37. The zero-order valence-corrected chi connectivity index (χ0v) is 18.3. The normalized spacial score (nSPS) is 12.9. The fourth-order valence-corrected chi connectivity index (χ4v) is 3.57. The van der Waals surface area contributed by atoms with Gasteiger partial charge in [0.25, 0.3) is 11.6 Å². The van der Waals surface area contributed by atoms with Crippen LogP contribution in [-0.2, 0) is 20.9 Å². The average molecular weight is 482 g/mol. The first-order chi connectivity index (χ1) is 15.1. The first kappa shape index (κ1) is 23.3. The molecule has 10 nitrogen and oxygen atoms in total. The number of aromatic nitrogens is 1. The molecule has 168 valence electrons. The summed E-state index contributed by atoms with van der Waals surface area (Å²) in [5.74, 6) is -2.33. The molecule has 1 aromatic heterocycles. The van der Waals surface area contributed by atoms with E-state index in [1.54, 1.807) is 25.1 Å². The lowest BCUT2D eigenvalue weighted by Crippen LogP contribution is -2.38. The largest absolute Gasteiger partial charge is 0.451 e. The van der Waals surface area contributed by atoms with Gasteiger partial charge in [0.15, 0.2) is 11.7 Å². The molecule has 3 aromatic rings. The van der Waals surface area contributed by atoms with Crippen LogP contribution in [0.15, 0.2) is 45.6 Å². The van der Waals surface area contributed by atoms with E-state index >= 15 is 0 Å². The molecule has 0 spiro atoms. The Bertz CT molecular complexity index is 1270. The summed E-state index contributed by atoms with van der Waals surface area (Å²) in [6.45, 7) is 2.54. The number of oxazole rings is 1. The molecule has 12 heteroatoms. The summed E-state index contributed by atoms with van der Waals surface area (Å²) in [5.41, 5.74) is 0.506. The van der Waals surface area contributed by atoms with Crippen LogP contribution in [0.2, 0.25) is 10.0 Å². The van der Waals surface area contributed by atoms with Crippen molar-refractivity contribution in [3.05, 3.63) is 72.7 Å². The number of non-ortho nitro benzene ring substituents is 1. The van der Waals surface area contributed by atoms with E-state index < -0.39 is 41.2 Å². The van der Waals surface area contributed by atoms with Crippen LogP contribution in [0.3, 0.4) is 0 Å². The molecule has 2 atom stereocenters. The molecule has 0 aliphatic carbocycles. The fourth-order valence-electron chi connectivity index (χ4n) is 3.00. The van der Waals surface area contributed by atoms with Crippen LogP contribution in [0.25, 0.3) is 11.1 Å². The van der Waals surface area contributed by atoms with Crippen molar-refractivity contribution in [2.24, 2.45) is 0 Å². The van der Waals surface area contributed by atoms with Crippen LogP contribution in [-0.4, -0.2) is 27.5 Å². The number of fused-ring (bicyclic) bond motifs is 1. The van der Waals surface area contributed by atoms with Crippen LogP contribution >= 0.6 is 23.2 Å². The number of hydrogen-bond acceptors (Lipinski definition) is 7. The molecule has 0 bridgehead atoms. The SMILES string of the molecule is CC(OC(=O)Cn1c(=O)oc2cc([N+](=O)[O-])ccc21)C(=O)NC(C)c1ccc(Cl)cc1Cl. The molecule has 0 fully saturated rings. The number of rotatable bonds is 7. The van der Waals surface area contributed by atoms with E-state index in [0.29, 0.717) is 15.6 Å². The first-order valence-corrected chi connectivity index (χ1v) is 10.0. The molecule has 0 aliphatic heterocycles. The Morgan fingerprint density at radius 2 is 1.94 bits per heavy atom. The number of esters is 1. The molecule has 1 amide bonds. The lowest BCUT2D eigenvalue weighted by molar-refractivity contribution is -0.384. The average Bonchev–Trinajstić information content (AvgIpc) is 3.01. The molecule has 0 aliphatic rings. The van der Waals surface area contributed by atoms with E-state index in [2.05, 4.69) is 5.32 Å². The minimum atomic E-state index is -1.16. The van der Waals surface area contributed by atoms with E-state index in [4.69, 9.17) is 32.4 Å². The highest BCUT2D eigenvalue weighted by atomic mass is 35.5. The van der Waals surface area contributed by atoms with Gasteiger partial charge in [-0.15, -0.1) is 0 Å². The van der Waals surface area contributed by atoms with Crippen molar-refractivity contribution in [2.45, 2.75) is 32.5 Å². The van der Waals surface area contributed by atoms with Gasteiger partial charge >= 0.3 is 11.7 Å². The van der Waals surface area contributed by atoms with E-state index in [1.807, 2.05) is 0 Å². The summed E-state index contributed by atoms with van der Waals surface area (Å²) in [4.78, 5) is 47.0. The molecule has 32 heavy (non-hydrogen) atoms. The Labute approximate surface area is 190 Å². The van der Waals surface area contributed by atoms with Gasteiger partial charge in [-0.2, -0.15) is 0 Å². The lowest BCUT2D eigenvalue weighted by Gasteiger charge is -2.19. The maximum atomic E-state index is 12.4. The summed E-state index contributed by atoms with van der Waals surface area (Å²) in [6, 6.07) is 7.93. The number of ether oxygens (including phenoxy) is 1. The molecule has 2 aromatic carbocycles. The van der Waals surface area contributed by atoms with Crippen molar-refractivity contribution in [3.63, 3.8) is 0 Å². The minimum absolute atomic E-state index is 0.0449. The fraction of sp³-hybridized carbons (Fsp3) is 0.250. The number of benzene rings is 2. The number of nitrogens with one attached hydrogen (secondary N) is 1. The first-order valence-electron chi connectivity index (χ1n) is 9.29. The van der Waals surface area contributed by atoms with Gasteiger partial charge in [0.05, 0.1) is 22.5 Å². The van der Waals surface area contributed by atoms with Crippen molar-refractivity contribution in [1.29, 1.82) is 0 Å². The highest BCUT2D eigenvalue weighted by Crippen LogP contribution is 2.26. The number of amides is 1. The van der Waals surface area contributed by atoms with Crippen molar-refractivity contribution in [3.8, 4) is 0 Å². The quantitative estimate of drug-likeness (QED) is 0.309. The summed E-state index contributed by atoms with van der Waals surface area (Å²) in [5, 5.41) is 14.4. The second kappa shape index (κ2) is 9.41. The van der Waals surface area contributed by atoms with E-state index in [9.17, 15) is 24.5 Å². The number of carbonyl (C=O) groups is 2. The maximum Gasteiger partial charge on any atom is 0.420 e. The molecule has 0 saturated heterocycles. The highest BCUT2D eigenvalue weighted by molar-refractivity contribution is 6.35. The minimum Gasteiger partial charge on any atom is -0.451 e. The van der Waals surface area contributed by atoms with Crippen molar-refractivity contribution in [1.82, 2.24) is 9.88 Å². The van der Waals surface area contributed by atoms with Gasteiger partial charge in [0, 0.05) is 16.1 Å². The molecule has 2 unspecified atom stereocenters. The molecule has 0 radical (unpaired) electrons. The molecule has 1 heterocycles. The number of hydrogen-bond donors (Lipinski definition) is 1. The Kier molecular flexibility index (Phi) is 6.85. The van der Waals surface area contributed by atoms with Gasteiger partial charge in [-0.05, 0) is 37.6 Å². The number of nitro benzene ring substituents is 1. The zero-order valence-electron chi connectivity index (χ0n) is 16.8. The molecular weight excluding hydrogens is 465 g/mol. The van der Waals surface area contributed by atoms with Crippen LogP contribution < -0.4 is 11.1 Å². The second-order valence-corrected chi connectivity index (χ2v) is 7.74. The van der Waals surface area contributed by atoms with Crippen molar-refractivity contribution in [2.75, 3.05) is 0 Å². The van der Waals surface area contributed by atoms with E-state index in [0.717, 1.165) is 10.6 Å². The Morgan fingerprint density at radius 1 is 1.22 bits per heavy atom. The number of nitro groups is 1. The van der Waals surface area contributed by atoms with Crippen LogP contribution in [0.4, 0.5) is 5.69 Å². The van der Waals surface area contributed by atoms with Crippen LogP contribution in [0.5, 0.6) is 0 Å². The summed E-state index contributed by atoms with van der Waals surface area (Å²) in [7, 11) is 0. The molecular formula is C20H17Cl2N3O7. The predicted molar refractivity (Wildman–Crippen MR) is 116 cm³/mol. The molecule has 0 saturated carbocycles. The third-order valence-corrected chi connectivity index (χ3v) is 5.18. The maximum absolute atomic E-state index is 12.4. The van der Waals surface area contributed by atoms with Crippen molar-refractivity contribution < 1.29 is 23.7 Å². The third-order valence-electron chi connectivity index (χ3n) is 4.62. The van der Waals surface area contributed by atoms with Crippen LogP contribution in [0, 0.1) is 10.1 Å². The van der Waals surface area contributed by atoms with E-state index in [1.165, 1.54) is 19.1 Å². The van der Waals surface area contributed by atoms with Gasteiger partial charge < -0.3 is 14.5 Å². The summed E-state index contributed by atoms with van der Waals surface area (Å²) in [6.07, 6.45) is -1.16. The Balaban J connectivity index is 1.65. The standard InChI is InChI=1S/C20H17Cl2N3O7/c1-10(14-5-3-12(21)7-15(14)22)23-19(27)11(2)31-18(26)9-24-16-6-4-13(25(29)30)8-17(16)32-20(24)28/h3-8,10-11H,9H2,1-2H3,(H,23,27). The number of halogens is 2. The van der Waals surface area contributed by atoms with Gasteiger partial charge in [-0.1, -0.05) is 29.3 Å². The monoisotopic (exact) mass is 481 g/mol. The van der Waals surface area contributed by atoms with Crippen molar-refractivity contribution >= 4 is 51.9 Å². The van der Waals surface area contributed by atoms with Gasteiger partial charge in [-0.3, -0.25) is 24.3 Å². The predicted octanol–water partition coefficient (Wildman–Crippen LogP) is 3.62. The lowest BCUT2D eigenvalue weighted by atomic mass is 10.1. The van der Waals surface area contributed by atoms with Crippen LogP contribution in [0.1, 0.15) is 25.5 Å². The van der Waals surface area contributed by atoms with Gasteiger partial charge in [-0.25, -0.2) is 4.79 Å². The second-order valence-electron chi connectivity index (χ2n) is 6.89. The molecule has 3 rings (SSSR count). The number of carbonyl (C=O) groups excluding carboxylic acids is 2. The van der Waals surface area contributed by atoms with E-state index in [-0.39, 0.29) is 16.8 Å². The Morgan fingerprint density at radius 3 is 2.59 bits per heavy atom. The topological polar surface area (TPSA) is 134 Å².